The van der Waals surface area contributed by atoms with Gasteiger partial charge >= 0.3 is 0 Å². The Morgan fingerprint density at radius 3 is 2.62 bits per heavy atom. The van der Waals surface area contributed by atoms with E-state index < -0.39 is 0 Å². The second-order valence-corrected chi connectivity index (χ2v) is 10.9. The Labute approximate surface area is 160 Å². The van der Waals surface area contributed by atoms with Gasteiger partial charge in [-0.2, -0.15) is 0 Å². The molecule has 0 aliphatic heterocycles. The Kier molecular flexibility index (Phi) is 5.04. The molecule has 4 rings (SSSR count). The SMILES string of the molecule is C[C@H](CC[C]=O)[C@H]1CC[C@H]2[C@@H]3CC[C@@H]4CCCC(O)[C@]4(C)[C@H]3CC[C@]12C. The van der Waals surface area contributed by atoms with Crippen molar-refractivity contribution >= 4 is 6.29 Å². The quantitative estimate of drug-likeness (QED) is 0.716. The van der Waals surface area contributed by atoms with E-state index in [-0.39, 0.29) is 11.5 Å². The lowest BCUT2D eigenvalue weighted by Gasteiger charge is -2.62. The Balaban J connectivity index is 1.56. The van der Waals surface area contributed by atoms with Crippen LogP contribution in [0.25, 0.3) is 0 Å². The van der Waals surface area contributed by atoms with Gasteiger partial charge in [-0.05, 0) is 104 Å². The molecule has 0 heterocycles. The molecule has 2 nitrogen and oxygen atoms in total. The number of aliphatic hydroxyl groups is 1. The van der Waals surface area contributed by atoms with E-state index in [4.69, 9.17) is 0 Å². The molecule has 1 N–H and O–H groups in total. The van der Waals surface area contributed by atoms with Gasteiger partial charge in [0.05, 0.1) is 6.10 Å². The summed E-state index contributed by atoms with van der Waals surface area (Å²) < 4.78 is 0. The summed E-state index contributed by atoms with van der Waals surface area (Å²) in [7, 11) is 0. The van der Waals surface area contributed by atoms with Crippen molar-refractivity contribution in [1.29, 1.82) is 0 Å². The fourth-order valence-corrected chi connectivity index (χ4v) is 8.78. The van der Waals surface area contributed by atoms with Crippen LogP contribution in [-0.2, 0) is 4.79 Å². The van der Waals surface area contributed by atoms with Crippen LogP contribution in [0.15, 0.2) is 0 Å². The molecule has 0 spiro atoms. The van der Waals surface area contributed by atoms with Crippen LogP contribution in [-0.4, -0.2) is 17.5 Å². The molecule has 4 saturated carbocycles. The summed E-state index contributed by atoms with van der Waals surface area (Å²) >= 11 is 0. The van der Waals surface area contributed by atoms with Gasteiger partial charge in [0.15, 0.2) is 6.29 Å². The zero-order valence-electron chi connectivity index (χ0n) is 17.2. The van der Waals surface area contributed by atoms with Crippen LogP contribution in [0.2, 0.25) is 0 Å². The predicted molar refractivity (Wildman–Crippen MR) is 105 cm³/mol. The first kappa shape index (κ1) is 19.0. The summed E-state index contributed by atoms with van der Waals surface area (Å²) in [5.74, 6) is 4.61. The highest BCUT2D eigenvalue weighted by Crippen LogP contribution is 2.68. The average Bonchev–Trinajstić information content (AvgIpc) is 2.98. The highest BCUT2D eigenvalue weighted by atomic mass is 16.3. The van der Waals surface area contributed by atoms with Crippen molar-refractivity contribution in [2.75, 3.05) is 0 Å². The van der Waals surface area contributed by atoms with E-state index in [0.717, 1.165) is 42.4 Å². The summed E-state index contributed by atoms with van der Waals surface area (Å²) in [6.07, 6.45) is 15.4. The molecule has 4 aliphatic rings. The summed E-state index contributed by atoms with van der Waals surface area (Å²) in [5, 5.41) is 11.0. The van der Waals surface area contributed by atoms with Crippen molar-refractivity contribution < 1.29 is 9.90 Å². The minimum atomic E-state index is -0.0716. The van der Waals surface area contributed by atoms with Crippen LogP contribution >= 0.6 is 0 Å². The van der Waals surface area contributed by atoms with Crippen molar-refractivity contribution in [3.05, 3.63) is 0 Å². The molecule has 4 aliphatic carbocycles. The van der Waals surface area contributed by atoms with Gasteiger partial charge in [-0.1, -0.05) is 27.2 Å². The first-order chi connectivity index (χ1) is 12.4. The molecule has 147 valence electrons. The number of hydrogen-bond acceptors (Lipinski definition) is 2. The second-order valence-electron chi connectivity index (χ2n) is 10.9. The molecule has 0 saturated heterocycles. The molecule has 0 aromatic rings. The molecule has 0 amide bonds. The van der Waals surface area contributed by atoms with Gasteiger partial charge in [0, 0.05) is 6.42 Å². The smallest absolute Gasteiger partial charge is 0.198 e. The molecule has 4 fully saturated rings. The van der Waals surface area contributed by atoms with Gasteiger partial charge in [-0.3, -0.25) is 4.79 Å². The van der Waals surface area contributed by atoms with Gasteiger partial charge in [0.1, 0.15) is 0 Å². The van der Waals surface area contributed by atoms with Crippen LogP contribution < -0.4 is 0 Å². The maximum absolute atomic E-state index is 11.0. The van der Waals surface area contributed by atoms with E-state index in [1.54, 1.807) is 0 Å². The van der Waals surface area contributed by atoms with Crippen molar-refractivity contribution in [3.63, 3.8) is 0 Å². The van der Waals surface area contributed by atoms with E-state index in [0.29, 0.717) is 17.8 Å². The molecule has 26 heavy (non-hydrogen) atoms. The zero-order chi connectivity index (χ0) is 18.5. The van der Waals surface area contributed by atoms with Gasteiger partial charge in [0.25, 0.3) is 0 Å². The largest absolute Gasteiger partial charge is 0.393 e. The number of hydrogen-bond donors (Lipinski definition) is 1. The number of rotatable bonds is 4. The van der Waals surface area contributed by atoms with Crippen molar-refractivity contribution in [2.24, 2.45) is 46.3 Å². The lowest BCUT2D eigenvalue weighted by Crippen LogP contribution is -2.57. The van der Waals surface area contributed by atoms with Gasteiger partial charge in [-0.15, -0.1) is 0 Å². The fourth-order valence-electron chi connectivity index (χ4n) is 8.78. The molecular formula is C24H39O2. The fraction of sp³-hybridized carbons (Fsp3) is 0.958. The van der Waals surface area contributed by atoms with Crippen LogP contribution in [0, 0.1) is 46.3 Å². The monoisotopic (exact) mass is 359 g/mol. The molecule has 0 bridgehead atoms. The van der Waals surface area contributed by atoms with Gasteiger partial charge in [0.2, 0.25) is 0 Å². The third kappa shape index (κ3) is 2.65. The standard InChI is InChI=1S/C24H39O2/c1-16(6-5-15-25)19-11-12-20-18-10-9-17-7-4-8-22(26)24(17,3)21(18)13-14-23(19,20)2/h16-22,26H,4-14H2,1-3H3/t16-,17+,18+,19-,20+,21+,22?,23-,24+/m1/s1. The maximum atomic E-state index is 11.0. The average molecular weight is 360 g/mol. The summed E-state index contributed by atoms with van der Waals surface area (Å²) in [6, 6.07) is 0. The Hall–Kier alpha value is -0.370. The van der Waals surface area contributed by atoms with E-state index >= 15 is 0 Å². The molecule has 0 aromatic carbocycles. The van der Waals surface area contributed by atoms with Crippen LogP contribution in [0.3, 0.4) is 0 Å². The van der Waals surface area contributed by atoms with E-state index in [9.17, 15) is 9.90 Å². The van der Waals surface area contributed by atoms with Crippen LogP contribution in [0.4, 0.5) is 0 Å². The molecular weight excluding hydrogens is 320 g/mol. The molecule has 0 aromatic heterocycles. The number of aliphatic hydroxyl groups excluding tert-OH is 1. The zero-order valence-corrected chi connectivity index (χ0v) is 17.2. The lowest BCUT2D eigenvalue weighted by atomic mass is 9.44. The summed E-state index contributed by atoms with van der Waals surface area (Å²) in [4.78, 5) is 10.7. The molecule has 9 atom stereocenters. The van der Waals surface area contributed by atoms with E-state index in [1.807, 2.05) is 0 Å². The molecule has 2 heteroatoms. The van der Waals surface area contributed by atoms with E-state index in [1.165, 1.54) is 51.4 Å². The number of carbonyl (C=O) groups excluding carboxylic acids is 1. The highest BCUT2D eigenvalue weighted by molar-refractivity contribution is 5.50. The number of fused-ring (bicyclic) bond motifs is 5. The minimum absolute atomic E-state index is 0.0716. The lowest BCUT2D eigenvalue weighted by molar-refractivity contribution is -0.164. The highest BCUT2D eigenvalue weighted by Gasteiger charge is 2.61. The Morgan fingerprint density at radius 2 is 1.85 bits per heavy atom. The predicted octanol–water partition coefficient (Wildman–Crippen LogP) is 5.53. The van der Waals surface area contributed by atoms with E-state index in [2.05, 4.69) is 27.1 Å². The second kappa shape index (κ2) is 6.90. The Bertz CT molecular complexity index is 530. The van der Waals surface area contributed by atoms with Crippen LogP contribution in [0.1, 0.15) is 91.4 Å². The summed E-state index contributed by atoms with van der Waals surface area (Å²) in [6.45, 7) is 7.42. The van der Waals surface area contributed by atoms with Gasteiger partial charge in [-0.25, -0.2) is 0 Å². The van der Waals surface area contributed by atoms with Crippen molar-refractivity contribution in [2.45, 2.75) is 97.5 Å². The third-order valence-electron chi connectivity index (χ3n) is 10.2. The Morgan fingerprint density at radius 1 is 1.04 bits per heavy atom. The van der Waals surface area contributed by atoms with Crippen molar-refractivity contribution in [1.82, 2.24) is 0 Å². The minimum Gasteiger partial charge on any atom is -0.393 e. The molecule has 1 unspecified atom stereocenters. The first-order valence-electron chi connectivity index (χ1n) is 11.5. The first-order valence-corrected chi connectivity index (χ1v) is 11.5. The molecule has 1 radical (unpaired) electrons. The topological polar surface area (TPSA) is 37.3 Å². The normalized spacial score (nSPS) is 51.8. The summed E-state index contributed by atoms with van der Waals surface area (Å²) in [5.41, 5.74) is 0.644. The maximum Gasteiger partial charge on any atom is 0.198 e. The van der Waals surface area contributed by atoms with Crippen molar-refractivity contribution in [3.8, 4) is 0 Å². The van der Waals surface area contributed by atoms with Crippen LogP contribution in [0.5, 0.6) is 0 Å². The third-order valence-corrected chi connectivity index (χ3v) is 10.2. The van der Waals surface area contributed by atoms with Gasteiger partial charge < -0.3 is 5.11 Å².